The van der Waals surface area contributed by atoms with E-state index < -0.39 is 27.9 Å². The summed E-state index contributed by atoms with van der Waals surface area (Å²) < 4.78 is 32.5. The number of amides is 2. The molecule has 9 heteroatoms. The Balaban J connectivity index is 1.62. The summed E-state index contributed by atoms with van der Waals surface area (Å²) in [5, 5.41) is 5.05. The molecule has 0 aliphatic carbocycles. The normalized spacial score (nSPS) is 16.8. The van der Waals surface area contributed by atoms with Gasteiger partial charge in [0.25, 0.3) is 0 Å². The van der Waals surface area contributed by atoms with Crippen LogP contribution in [0.2, 0.25) is 0 Å². The van der Waals surface area contributed by atoms with E-state index in [1.165, 1.54) is 11.4 Å². The molecule has 0 bridgehead atoms. The summed E-state index contributed by atoms with van der Waals surface area (Å²) in [7, 11) is -2.20. The first kappa shape index (κ1) is 21.8. The first-order valence-corrected chi connectivity index (χ1v) is 11.1. The highest BCUT2D eigenvalue weighted by Crippen LogP contribution is 2.26. The van der Waals surface area contributed by atoms with Crippen LogP contribution in [0.5, 0.6) is 5.75 Å². The van der Waals surface area contributed by atoms with Crippen molar-refractivity contribution in [3.63, 3.8) is 0 Å². The fraction of sp³-hybridized carbons (Fsp3) is 0.333. The Morgan fingerprint density at radius 1 is 1.10 bits per heavy atom. The van der Waals surface area contributed by atoms with Crippen LogP contribution in [0.15, 0.2) is 53.4 Å². The smallest absolute Gasteiger partial charge is 0.313 e. The molecule has 0 saturated carbocycles. The van der Waals surface area contributed by atoms with Gasteiger partial charge in [-0.15, -0.1) is 0 Å². The van der Waals surface area contributed by atoms with Gasteiger partial charge in [-0.1, -0.05) is 29.8 Å². The molecule has 1 heterocycles. The SMILES string of the molecule is COc1ccccc1NC(=O)C(=O)NC[C@H]1CCCN1S(=O)(=O)c1ccc(C)cc1. The summed E-state index contributed by atoms with van der Waals surface area (Å²) in [6.07, 6.45) is 1.30. The van der Waals surface area contributed by atoms with E-state index in [2.05, 4.69) is 10.6 Å². The molecule has 2 N–H and O–H groups in total. The third-order valence-corrected chi connectivity index (χ3v) is 6.98. The van der Waals surface area contributed by atoms with Crippen molar-refractivity contribution in [1.82, 2.24) is 9.62 Å². The van der Waals surface area contributed by atoms with Crippen LogP contribution in [-0.2, 0) is 19.6 Å². The van der Waals surface area contributed by atoms with Gasteiger partial charge in [0.1, 0.15) is 5.75 Å². The number of hydrogen-bond acceptors (Lipinski definition) is 5. The summed E-state index contributed by atoms with van der Waals surface area (Å²) in [4.78, 5) is 24.7. The van der Waals surface area contributed by atoms with Gasteiger partial charge in [0.15, 0.2) is 0 Å². The maximum atomic E-state index is 13.0. The molecule has 160 valence electrons. The number of nitrogens with one attached hydrogen (secondary N) is 2. The maximum absolute atomic E-state index is 13.0. The third-order valence-electron chi connectivity index (χ3n) is 5.01. The highest BCUT2D eigenvalue weighted by atomic mass is 32.2. The third kappa shape index (κ3) is 4.80. The topological polar surface area (TPSA) is 105 Å². The second-order valence-corrected chi connectivity index (χ2v) is 8.98. The van der Waals surface area contributed by atoms with Gasteiger partial charge in [-0.25, -0.2) is 8.42 Å². The number of anilines is 1. The molecular weight excluding hydrogens is 406 g/mol. The monoisotopic (exact) mass is 431 g/mol. The van der Waals surface area contributed by atoms with Crippen LogP contribution in [0.4, 0.5) is 5.69 Å². The number of aryl methyl sites for hydroxylation is 1. The summed E-state index contributed by atoms with van der Waals surface area (Å²) in [5.41, 5.74) is 1.35. The number of carbonyl (C=O) groups is 2. The number of nitrogens with zero attached hydrogens (tertiary/aromatic N) is 1. The Morgan fingerprint density at radius 3 is 2.50 bits per heavy atom. The first-order valence-electron chi connectivity index (χ1n) is 9.63. The van der Waals surface area contributed by atoms with Crippen molar-refractivity contribution >= 4 is 27.5 Å². The van der Waals surface area contributed by atoms with Crippen LogP contribution in [0.25, 0.3) is 0 Å². The number of benzene rings is 2. The number of rotatable bonds is 6. The Morgan fingerprint density at radius 2 is 1.80 bits per heavy atom. The molecule has 0 aromatic heterocycles. The molecule has 1 aliphatic heterocycles. The molecule has 1 fully saturated rings. The molecule has 1 atom stereocenters. The summed E-state index contributed by atoms with van der Waals surface area (Å²) in [6, 6.07) is 13.0. The highest BCUT2D eigenvalue weighted by molar-refractivity contribution is 7.89. The van der Waals surface area contributed by atoms with Crippen molar-refractivity contribution in [2.24, 2.45) is 0 Å². The quantitative estimate of drug-likeness (QED) is 0.680. The van der Waals surface area contributed by atoms with E-state index in [0.29, 0.717) is 30.8 Å². The van der Waals surface area contributed by atoms with Crippen molar-refractivity contribution in [3.8, 4) is 5.75 Å². The molecule has 0 unspecified atom stereocenters. The second-order valence-electron chi connectivity index (χ2n) is 7.09. The molecule has 8 nitrogen and oxygen atoms in total. The number of carbonyl (C=O) groups excluding carboxylic acids is 2. The summed E-state index contributed by atoms with van der Waals surface area (Å²) in [5.74, 6) is -1.24. The Labute approximate surface area is 176 Å². The van der Waals surface area contributed by atoms with E-state index >= 15 is 0 Å². The lowest BCUT2D eigenvalue weighted by molar-refractivity contribution is -0.136. The van der Waals surface area contributed by atoms with Crippen LogP contribution in [0.3, 0.4) is 0 Å². The van der Waals surface area contributed by atoms with Crippen LogP contribution in [0.1, 0.15) is 18.4 Å². The number of sulfonamides is 1. The zero-order chi connectivity index (χ0) is 21.7. The lowest BCUT2D eigenvalue weighted by Gasteiger charge is -2.24. The molecule has 2 amide bonds. The number of methoxy groups -OCH3 is 1. The molecule has 30 heavy (non-hydrogen) atoms. The zero-order valence-electron chi connectivity index (χ0n) is 16.9. The van der Waals surface area contributed by atoms with E-state index in [9.17, 15) is 18.0 Å². The highest BCUT2D eigenvalue weighted by Gasteiger charge is 2.35. The van der Waals surface area contributed by atoms with Gasteiger partial charge in [-0.2, -0.15) is 4.31 Å². The van der Waals surface area contributed by atoms with Gasteiger partial charge in [0.05, 0.1) is 17.7 Å². The minimum atomic E-state index is -3.67. The van der Waals surface area contributed by atoms with E-state index in [1.807, 2.05) is 6.92 Å². The zero-order valence-corrected chi connectivity index (χ0v) is 17.7. The molecule has 0 spiro atoms. The van der Waals surface area contributed by atoms with Gasteiger partial charge < -0.3 is 15.4 Å². The molecule has 1 saturated heterocycles. The van der Waals surface area contributed by atoms with E-state index in [-0.39, 0.29) is 11.4 Å². The number of para-hydroxylation sites is 2. The Kier molecular flexibility index (Phi) is 6.73. The predicted molar refractivity (Wildman–Crippen MR) is 113 cm³/mol. The predicted octanol–water partition coefficient (Wildman–Crippen LogP) is 1.91. The van der Waals surface area contributed by atoms with Crippen molar-refractivity contribution in [2.75, 3.05) is 25.5 Å². The molecule has 3 rings (SSSR count). The van der Waals surface area contributed by atoms with Gasteiger partial charge in [0.2, 0.25) is 10.0 Å². The fourth-order valence-corrected chi connectivity index (χ4v) is 5.09. The average molecular weight is 432 g/mol. The minimum Gasteiger partial charge on any atom is -0.495 e. The molecule has 2 aromatic carbocycles. The molecular formula is C21H25N3O5S. The van der Waals surface area contributed by atoms with Crippen LogP contribution >= 0.6 is 0 Å². The van der Waals surface area contributed by atoms with Crippen molar-refractivity contribution < 1.29 is 22.7 Å². The standard InChI is InChI=1S/C21H25N3O5S/c1-15-9-11-17(12-10-15)30(27,28)24-13-5-6-16(24)14-22-20(25)21(26)23-18-7-3-4-8-19(18)29-2/h3-4,7-12,16H,5-6,13-14H2,1-2H3,(H,22,25)(H,23,26)/t16-/m1/s1. The fourth-order valence-electron chi connectivity index (χ4n) is 3.39. The molecule has 0 radical (unpaired) electrons. The van der Waals surface area contributed by atoms with E-state index in [1.54, 1.807) is 48.5 Å². The van der Waals surface area contributed by atoms with Gasteiger partial charge in [0, 0.05) is 19.1 Å². The maximum Gasteiger partial charge on any atom is 0.313 e. The Hall–Kier alpha value is -2.91. The average Bonchev–Trinajstić information content (AvgIpc) is 3.22. The van der Waals surface area contributed by atoms with E-state index in [4.69, 9.17) is 4.74 Å². The number of hydrogen-bond donors (Lipinski definition) is 2. The lowest BCUT2D eigenvalue weighted by Crippen LogP contribution is -2.45. The second kappa shape index (κ2) is 9.27. The van der Waals surface area contributed by atoms with Crippen LogP contribution in [-0.4, -0.2) is 50.8 Å². The van der Waals surface area contributed by atoms with Crippen molar-refractivity contribution in [3.05, 3.63) is 54.1 Å². The van der Waals surface area contributed by atoms with Crippen molar-refractivity contribution in [2.45, 2.75) is 30.7 Å². The van der Waals surface area contributed by atoms with Gasteiger partial charge >= 0.3 is 11.8 Å². The minimum absolute atomic E-state index is 0.0588. The summed E-state index contributed by atoms with van der Waals surface area (Å²) >= 11 is 0. The van der Waals surface area contributed by atoms with Gasteiger partial charge in [-0.05, 0) is 44.0 Å². The Bertz CT molecular complexity index is 1020. The number of ether oxygens (including phenoxy) is 1. The lowest BCUT2D eigenvalue weighted by atomic mass is 10.2. The van der Waals surface area contributed by atoms with Gasteiger partial charge in [-0.3, -0.25) is 9.59 Å². The molecule has 2 aromatic rings. The molecule has 1 aliphatic rings. The summed E-state index contributed by atoms with van der Waals surface area (Å²) in [6.45, 7) is 2.33. The van der Waals surface area contributed by atoms with E-state index in [0.717, 1.165) is 5.56 Å². The van der Waals surface area contributed by atoms with Crippen LogP contribution < -0.4 is 15.4 Å². The largest absolute Gasteiger partial charge is 0.495 e. The first-order chi connectivity index (χ1) is 14.3. The van der Waals surface area contributed by atoms with Crippen molar-refractivity contribution in [1.29, 1.82) is 0 Å². The van der Waals surface area contributed by atoms with Crippen LogP contribution in [0, 0.1) is 6.92 Å².